The Morgan fingerprint density at radius 2 is 1.03 bits per heavy atom. The van der Waals surface area contributed by atoms with Crippen LogP contribution in [0.5, 0.6) is 0 Å². The highest BCUT2D eigenvalue weighted by Crippen LogP contribution is 2.36. The summed E-state index contributed by atoms with van der Waals surface area (Å²) in [7, 11) is 2.69. The van der Waals surface area contributed by atoms with E-state index in [0.717, 1.165) is 34.6 Å². The Balaban J connectivity index is 1.69. The van der Waals surface area contributed by atoms with Gasteiger partial charge in [-0.3, -0.25) is 0 Å². The number of hydrogen-bond donors (Lipinski definition) is 0. The van der Waals surface area contributed by atoms with E-state index < -0.39 is 11.9 Å². The maximum absolute atomic E-state index is 12.4. The summed E-state index contributed by atoms with van der Waals surface area (Å²) in [6.45, 7) is 0. The summed E-state index contributed by atoms with van der Waals surface area (Å²) in [5.41, 5.74) is 6.32. The minimum atomic E-state index is -0.453. The summed E-state index contributed by atoms with van der Waals surface area (Å²) in [5.74, 6) is -0.907. The van der Waals surface area contributed by atoms with E-state index in [4.69, 9.17) is 9.47 Å². The van der Waals surface area contributed by atoms with Crippen molar-refractivity contribution in [2.45, 2.75) is 0 Å². The summed E-state index contributed by atoms with van der Waals surface area (Å²) in [6, 6.07) is 14.4. The molecule has 0 radical (unpaired) electrons. The van der Waals surface area contributed by atoms with Crippen molar-refractivity contribution in [3.8, 4) is 22.3 Å². The second kappa shape index (κ2) is 8.06. The van der Waals surface area contributed by atoms with Gasteiger partial charge in [0.15, 0.2) is 0 Å². The van der Waals surface area contributed by atoms with Gasteiger partial charge >= 0.3 is 11.9 Å². The van der Waals surface area contributed by atoms with E-state index in [1.165, 1.54) is 14.2 Å². The van der Waals surface area contributed by atoms with Crippen molar-refractivity contribution >= 4 is 57.5 Å². The normalized spacial score (nSPS) is 11.1. The Labute approximate surface area is 190 Å². The van der Waals surface area contributed by atoms with E-state index in [0.29, 0.717) is 44.3 Å². The SMILES string of the molecule is COC(=O)c1ccc2nsnc2c1-c1ccc(-c2c(C(=O)OC)ccc3nsnc23)cc1. The molecule has 2 aromatic heterocycles. The predicted octanol–water partition coefficient (Wildman–Crippen LogP) is 4.60. The Hall–Kier alpha value is -3.76. The van der Waals surface area contributed by atoms with Crippen molar-refractivity contribution in [2.24, 2.45) is 0 Å². The first-order valence-electron chi connectivity index (χ1n) is 9.40. The number of aromatic nitrogens is 4. The smallest absolute Gasteiger partial charge is 0.338 e. The monoisotopic (exact) mass is 462 g/mol. The third-order valence-corrected chi connectivity index (χ3v) is 6.21. The highest BCUT2D eigenvalue weighted by atomic mass is 32.1. The van der Waals surface area contributed by atoms with E-state index in [9.17, 15) is 9.59 Å². The van der Waals surface area contributed by atoms with Crippen molar-refractivity contribution in [3.05, 3.63) is 59.7 Å². The number of nitrogens with zero attached hydrogens (tertiary/aromatic N) is 4. The first kappa shape index (κ1) is 20.2. The van der Waals surface area contributed by atoms with Gasteiger partial charge in [-0.05, 0) is 35.4 Å². The maximum Gasteiger partial charge on any atom is 0.338 e. The van der Waals surface area contributed by atoms with E-state index in [1.54, 1.807) is 24.3 Å². The van der Waals surface area contributed by atoms with Crippen molar-refractivity contribution in [1.29, 1.82) is 0 Å². The van der Waals surface area contributed by atoms with Crippen LogP contribution in [0.4, 0.5) is 0 Å². The molecule has 5 rings (SSSR count). The molecule has 158 valence electrons. The van der Waals surface area contributed by atoms with Crippen molar-refractivity contribution < 1.29 is 19.1 Å². The number of carbonyl (C=O) groups excluding carboxylic acids is 2. The van der Waals surface area contributed by atoms with Crippen molar-refractivity contribution in [3.63, 3.8) is 0 Å². The van der Waals surface area contributed by atoms with Crippen molar-refractivity contribution in [1.82, 2.24) is 17.5 Å². The molecule has 0 saturated heterocycles. The lowest BCUT2D eigenvalue weighted by molar-refractivity contribution is 0.0593. The molecule has 0 unspecified atom stereocenters. The van der Waals surface area contributed by atoms with Gasteiger partial charge in [-0.25, -0.2) is 9.59 Å². The van der Waals surface area contributed by atoms with Gasteiger partial charge < -0.3 is 9.47 Å². The van der Waals surface area contributed by atoms with Gasteiger partial charge in [0.1, 0.15) is 22.1 Å². The van der Waals surface area contributed by atoms with Crippen LogP contribution in [-0.4, -0.2) is 43.7 Å². The predicted molar refractivity (Wildman–Crippen MR) is 122 cm³/mol. The van der Waals surface area contributed by atoms with Crippen LogP contribution in [-0.2, 0) is 9.47 Å². The molecule has 0 N–H and O–H groups in total. The topological polar surface area (TPSA) is 104 Å². The number of fused-ring (bicyclic) bond motifs is 2. The largest absolute Gasteiger partial charge is 0.465 e. The molecule has 0 amide bonds. The molecule has 0 fully saturated rings. The molecular formula is C22H14N4O4S2. The summed E-state index contributed by atoms with van der Waals surface area (Å²) >= 11 is 2.16. The number of esters is 2. The fraction of sp³-hybridized carbons (Fsp3) is 0.0909. The second-order valence-electron chi connectivity index (χ2n) is 6.80. The lowest BCUT2D eigenvalue weighted by Gasteiger charge is -2.12. The zero-order valence-electron chi connectivity index (χ0n) is 16.9. The maximum atomic E-state index is 12.4. The van der Waals surface area contributed by atoms with Crippen LogP contribution < -0.4 is 0 Å². The zero-order chi connectivity index (χ0) is 22.2. The highest BCUT2D eigenvalue weighted by molar-refractivity contribution is 7.00. The third kappa shape index (κ3) is 3.20. The second-order valence-corrected chi connectivity index (χ2v) is 7.86. The number of methoxy groups -OCH3 is 2. The molecule has 0 aliphatic rings. The molecular weight excluding hydrogens is 448 g/mol. The van der Waals surface area contributed by atoms with Gasteiger partial charge in [-0.1, -0.05) is 24.3 Å². The van der Waals surface area contributed by atoms with E-state index in [2.05, 4.69) is 17.5 Å². The van der Waals surface area contributed by atoms with Gasteiger partial charge in [0.05, 0.1) is 48.8 Å². The Kier molecular flexibility index (Phi) is 5.08. The number of hydrogen-bond acceptors (Lipinski definition) is 10. The van der Waals surface area contributed by atoms with Crippen LogP contribution in [0.15, 0.2) is 48.5 Å². The van der Waals surface area contributed by atoms with Crippen LogP contribution in [0, 0.1) is 0 Å². The van der Waals surface area contributed by atoms with E-state index >= 15 is 0 Å². The summed E-state index contributed by atoms with van der Waals surface area (Å²) in [4.78, 5) is 24.8. The van der Waals surface area contributed by atoms with Crippen LogP contribution >= 0.6 is 23.5 Å². The molecule has 0 aliphatic carbocycles. The molecule has 0 bridgehead atoms. The number of carbonyl (C=O) groups is 2. The van der Waals surface area contributed by atoms with Crippen LogP contribution in [0.25, 0.3) is 44.3 Å². The lowest BCUT2D eigenvalue weighted by Crippen LogP contribution is -2.05. The number of ether oxygens (including phenoxy) is 2. The minimum absolute atomic E-state index is 0.404. The lowest BCUT2D eigenvalue weighted by atomic mass is 9.93. The van der Waals surface area contributed by atoms with Crippen LogP contribution in [0.2, 0.25) is 0 Å². The fourth-order valence-electron chi connectivity index (χ4n) is 3.65. The standard InChI is InChI=1S/C22H14N4O4S2/c1-29-21(27)13-7-9-15-19(25-31-23-15)17(13)11-3-5-12(6-4-11)18-14(22(28)30-2)8-10-16-20(18)26-32-24-16/h3-10H,1-2H3. The molecule has 5 aromatic rings. The molecule has 10 heteroatoms. The Morgan fingerprint density at radius 3 is 1.41 bits per heavy atom. The highest BCUT2D eigenvalue weighted by Gasteiger charge is 2.21. The molecule has 32 heavy (non-hydrogen) atoms. The Morgan fingerprint density at radius 1 is 0.625 bits per heavy atom. The number of benzene rings is 3. The van der Waals surface area contributed by atoms with Crippen LogP contribution in [0.3, 0.4) is 0 Å². The fourth-order valence-corrected chi connectivity index (χ4v) is 4.74. The minimum Gasteiger partial charge on any atom is -0.465 e. The van der Waals surface area contributed by atoms with Gasteiger partial charge in [0, 0.05) is 11.1 Å². The summed E-state index contributed by atoms with van der Waals surface area (Å²) in [5, 5.41) is 0. The quantitative estimate of drug-likeness (QED) is 0.357. The molecule has 2 heterocycles. The molecule has 0 saturated carbocycles. The first-order chi connectivity index (χ1) is 15.6. The van der Waals surface area contributed by atoms with Gasteiger partial charge in [-0.15, -0.1) is 0 Å². The average molecular weight is 463 g/mol. The average Bonchev–Trinajstić information content (AvgIpc) is 3.51. The van der Waals surface area contributed by atoms with Crippen molar-refractivity contribution in [2.75, 3.05) is 14.2 Å². The van der Waals surface area contributed by atoms with Gasteiger partial charge in [0.2, 0.25) is 0 Å². The molecule has 3 aromatic carbocycles. The molecule has 0 aliphatic heterocycles. The number of rotatable bonds is 4. The zero-order valence-corrected chi connectivity index (χ0v) is 18.5. The first-order valence-corrected chi connectivity index (χ1v) is 10.9. The summed E-state index contributed by atoms with van der Waals surface area (Å²) < 4.78 is 27.2. The van der Waals surface area contributed by atoms with Gasteiger partial charge in [0.25, 0.3) is 0 Å². The third-order valence-electron chi connectivity index (χ3n) is 5.13. The van der Waals surface area contributed by atoms with E-state index in [-0.39, 0.29) is 0 Å². The molecule has 0 atom stereocenters. The molecule has 8 nitrogen and oxygen atoms in total. The summed E-state index contributed by atoms with van der Waals surface area (Å²) in [6.07, 6.45) is 0. The van der Waals surface area contributed by atoms with Crippen LogP contribution in [0.1, 0.15) is 20.7 Å². The van der Waals surface area contributed by atoms with Gasteiger partial charge in [-0.2, -0.15) is 17.5 Å². The van der Waals surface area contributed by atoms with E-state index in [1.807, 2.05) is 24.3 Å². The Bertz CT molecular complexity index is 1380. The molecule has 0 spiro atoms.